The fourth-order valence-corrected chi connectivity index (χ4v) is 6.28. The van der Waals surface area contributed by atoms with Gasteiger partial charge in [-0.05, 0) is 30.8 Å². The molecular weight excluding hydrogens is 312 g/mol. The average molecular weight is 333 g/mol. The zero-order chi connectivity index (χ0) is 15.9. The van der Waals surface area contributed by atoms with Gasteiger partial charge in [-0.25, -0.2) is 4.39 Å². The molecule has 1 aromatic carbocycles. The Balaban J connectivity index is 2.99. The normalized spacial score (nSPS) is 15.2. The van der Waals surface area contributed by atoms with E-state index < -0.39 is 12.5 Å². The van der Waals surface area contributed by atoms with Crippen LogP contribution in [0.5, 0.6) is 0 Å². The summed E-state index contributed by atoms with van der Waals surface area (Å²) >= 11 is 1.13. The minimum Gasteiger partial charge on any atom is -0.306 e. The van der Waals surface area contributed by atoms with E-state index in [1.54, 1.807) is 25.1 Å². The molecule has 2 unspecified atom stereocenters. The highest BCUT2D eigenvalue weighted by atomic mass is 32.7. The molecule has 0 saturated heterocycles. The number of carbonyl (C=O) groups excluding carboxylic acids is 1. The van der Waals surface area contributed by atoms with Gasteiger partial charge in [0.2, 0.25) is 6.41 Å². The number of halogens is 1. The van der Waals surface area contributed by atoms with Gasteiger partial charge in [-0.2, -0.15) is 0 Å². The standard InChI is InChI=1S/C14H21FNO3PS/c1-4-12(3)21-20(18,19-5-2)16(11-17)10-13-8-6-7-9-14(13)15/h6-9,11-12H,4-5,10H2,1-3H3. The van der Waals surface area contributed by atoms with Crippen molar-refractivity contribution in [1.82, 2.24) is 4.67 Å². The van der Waals surface area contributed by atoms with Crippen molar-refractivity contribution >= 4 is 24.5 Å². The first-order valence-corrected chi connectivity index (χ1v) is 9.91. The molecule has 0 fully saturated rings. The minimum absolute atomic E-state index is 0.0725. The molecule has 0 aliphatic heterocycles. The van der Waals surface area contributed by atoms with E-state index in [-0.39, 0.29) is 18.4 Å². The molecule has 0 radical (unpaired) electrons. The first kappa shape index (κ1) is 18.2. The molecule has 0 aliphatic rings. The molecule has 21 heavy (non-hydrogen) atoms. The third-order valence-electron chi connectivity index (χ3n) is 2.91. The molecule has 118 valence electrons. The molecule has 1 amide bonds. The van der Waals surface area contributed by atoms with Crippen LogP contribution < -0.4 is 0 Å². The number of hydrogen-bond acceptors (Lipinski definition) is 4. The van der Waals surface area contributed by atoms with Gasteiger partial charge in [0.15, 0.2) is 0 Å². The van der Waals surface area contributed by atoms with E-state index in [4.69, 9.17) is 4.52 Å². The van der Waals surface area contributed by atoms with E-state index in [0.717, 1.165) is 22.5 Å². The van der Waals surface area contributed by atoms with Crippen molar-refractivity contribution in [2.24, 2.45) is 0 Å². The molecule has 0 bridgehead atoms. The summed E-state index contributed by atoms with van der Waals surface area (Å²) in [6.45, 7) is 2.39. The second-order valence-electron chi connectivity index (χ2n) is 4.51. The second-order valence-corrected chi connectivity index (χ2v) is 9.25. The number of hydrogen-bond donors (Lipinski definition) is 0. The lowest BCUT2D eigenvalue weighted by Gasteiger charge is -2.28. The van der Waals surface area contributed by atoms with Crippen LogP contribution in [0.4, 0.5) is 4.39 Å². The Morgan fingerprint density at radius 3 is 2.62 bits per heavy atom. The van der Waals surface area contributed by atoms with Crippen molar-refractivity contribution in [2.45, 2.75) is 39.0 Å². The Bertz CT molecular complexity index is 515. The maximum absolute atomic E-state index is 13.7. The molecule has 0 aliphatic carbocycles. The Kier molecular flexibility index (Phi) is 7.43. The summed E-state index contributed by atoms with van der Waals surface area (Å²) in [7, 11) is 0. The third-order valence-corrected chi connectivity index (χ3v) is 8.14. The molecule has 0 aromatic heterocycles. The highest BCUT2D eigenvalue weighted by molar-refractivity contribution is 8.56. The quantitative estimate of drug-likeness (QED) is 0.494. The fourth-order valence-electron chi connectivity index (χ4n) is 1.61. The Morgan fingerprint density at radius 1 is 1.43 bits per heavy atom. The summed E-state index contributed by atoms with van der Waals surface area (Å²) in [4.78, 5) is 11.3. The molecule has 0 saturated carbocycles. The first-order valence-electron chi connectivity index (χ1n) is 6.85. The summed E-state index contributed by atoms with van der Waals surface area (Å²) in [5, 5.41) is 0.0745. The van der Waals surface area contributed by atoms with Crippen molar-refractivity contribution in [3.8, 4) is 0 Å². The van der Waals surface area contributed by atoms with Crippen molar-refractivity contribution in [3.63, 3.8) is 0 Å². The average Bonchev–Trinajstić information content (AvgIpc) is 2.46. The maximum atomic E-state index is 13.7. The van der Waals surface area contributed by atoms with E-state index in [1.165, 1.54) is 6.07 Å². The van der Waals surface area contributed by atoms with Crippen LogP contribution in [-0.2, 0) is 20.4 Å². The van der Waals surface area contributed by atoms with Crippen LogP contribution in [0, 0.1) is 5.82 Å². The van der Waals surface area contributed by atoms with E-state index in [2.05, 4.69) is 0 Å². The predicted molar refractivity (Wildman–Crippen MR) is 84.6 cm³/mol. The SMILES string of the molecule is CCOP(=O)(SC(C)CC)N(C=O)Cc1ccccc1F. The van der Waals surface area contributed by atoms with Crippen LogP contribution in [0.25, 0.3) is 0 Å². The van der Waals surface area contributed by atoms with Gasteiger partial charge < -0.3 is 4.52 Å². The second kappa shape index (κ2) is 8.57. The lowest BCUT2D eigenvalue weighted by Crippen LogP contribution is -2.20. The van der Waals surface area contributed by atoms with Crippen LogP contribution in [0.1, 0.15) is 32.8 Å². The lowest BCUT2D eigenvalue weighted by atomic mass is 10.2. The summed E-state index contributed by atoms with van der Waals surface area (Å²) in [5.74, 6) is -0.430. The molecule has 1 rings (SSSR count). The predicted octanol–water partition coefficient (Wildman–Crippen LogP) is 4.46. The monoisotopic (exact) mass is 333 g/mol. The maximum Gasteiger partial charge on any atom is 0.356 e. The number of benzene rings is 1. The van der Waals surface area contributed by atoms with Gasteiger partial charge in [0.1, 0.15) is 5.82 Å². The van der Waals surface area contributed by atoms with E-state index in [0.29, 0.717) is 12.0 Å². The summed E-state index contributed by atoms with van der Waals surface area (Å²) < 4.78 is 33.1. The van der Waals surface area contributed by atoms with Crippen LogP contribution in [0.15, 0.2) is 24.3 Å². The molecule has 7 heteroatoms. The number of amides is 1. The van der Waals surface area contributed by atoms with Crippen molar-refractivity contribution < 1.29 is 18.3 Å². The Hall–Kier alpha value is -0.840. The van der Waals surface area contributed by atoms with Crippen LogP contribution >= 0.6 is 18.1 Å². The first-order chi connectivity index (χ1) is 9.96. The largest absolute Gasteiger partial charge is 0.356 e. The topological polar surface area (TPSA) is 46.6 Å². The Labute approximate surface area is 129 Å². The van der Waals surface area contributed by atoms with Crippen molar-refractivity contribution in [2.75, 3.05) is 6.61 Å². The van der Waals surface area contributed by atoms with Gasteiger partial charge in [-0.1, -0.05) is 32.0 Å². The molecule has 0 spiro atoms. The molecule has 0 heterocycles. The Morgan fingerprint density at radius 2 is 2.10 bits per heavy atom. The van der Waals surface area contributed by atoms with E-state index in [9.17, 15) is 13.8 Å². The van der Waals surface area contributed by atoms with E-state index >= 15 is 0 Å². The zero-order valence-electron chi connectivity index (χ0n) is 12.5. The smallest absolute Gasteiger partial charge is 0.306 e. The fraction of sp³-hybridized carbons (Fsp3) is 0.500. The number of rotatable bonds is 9. The number of nitrogens with zero attached hydrogens (tertiary/aromatic N) is 1. The molecule has 0 N–H and O–H groups in total. The van der Waals surface area contributed by atoms with Gasteiger partial charge in [0, 0.05) is 10.8 Å². The van der Waals surface area contributed by atoms with Crippen LogP contribution in [0.3, 0.4) is 0 Å². The van der Waals surface area contributed by atoms with Gasteiger partial charge in [0.05, 0.1) is 13.2 Å². The number of carbonyl (C=O) groups is 1. The van der Waals surface area contributed by atoms with Gasteiger partial charge in [0.25, 0.3) is 0 Å². The third kappa shape index (κ3) is 5.13. The molecule has 4 nitrogen and oxygen atoms in total. The summed E-state index contributed by atoms with van der Waals surface area (Å²) in [6.07, 6.45) is 1.27. The molecular formula is C14H21FNO3PS. The minimum atomic E-state index is -3.37. The lowest BCUT2D eigenvalue weighted by molar-refractivity contribution is -0.114. The van der Waals surface area contributed by atoms with Crippen molar-refractivity contribution in [1.29, 1.82) is 0 Å². The van der Waals surface area contributed by atoms with Gasteiger partial charge >= 0.3 is 6.72 Å². The van der Waals surface area contributed by atoms with Crippen molar-refractivity contribution in [3.05, 3.63) is 35.6 Å². The van der Waals surface area contributed by atoms with Gasteiger partial charge in [-0.15, -0.1) is 0 Å². The van der Waals surface area contributed by atoms with Crippen LogP contribution in [-0.4, -0.2) is 22.9 Å². The summed E-state index contributed by atoms with van der Waals surface area (Å²) in [5.41, 5.74) is 0.314. The van der Waals surface area contributed by atoms with E-state index in [1.807, 2.05) is 13.8 Å². The molecule has 2 atom stereocenters. The summed E-state index contributed by atoms with van der Waals surface area (Å²) in [6, 6.07) is 6.12. The highest BCUT2D eigenvalue weighted by Crippen LogP contribution is 2.64. The zero-order valence-corrected chi connectivity index (χ0v) is 14.2. The highest BCUT2D eigenvalue weighted by Gasteiger charge is 2.34. The molecule has 1 aromatic rings. The van der Waals surface area contributed by atoms with Crippen LogP contribution in [0.2, 0.25) is 0 Å². The van der Waals surface area contributed by atoms with Gasteiger partial charge in [-0.3, -0.25) is 14.0 Å².